The highest BCUT2D eigenvalue weighted by Crippen LogP contribution is 2.21. The smallest absolute Gasteiger partial charge is 0.328 e. The molecule has 0 aliphatic rings. The molecule has 2 atom stereocenters. The molecule has 0 spiro atoms. The summed E-state index contributed by atoms with van der Waals surface area (Å²) in [5.74, 6) is -5.61. The third-order valence-corrected chi connectivity index (χ3v) is 4.06. The monoisotopic (exact) mass is 385 g/mol. The third-order valence-electron chi connectivity index (χ3n) is 3.81. The van der Waals surface area contributed by atoms with E-state index < -0.39 is 41.7 Å². The predicted molar refractivity (Wildman–Crippen MR) is 91.4 cm³/mol. The second-order valence-electron chi connectivity index (χ2n) is 5.36. The maximum atomic E-state index is 12.4. The van der Waals surface area contributed by atoms with Crippen LogP contribution in [0.5, 0.6) is 0 Å². The number of hydrogen-bond acceptors (Lipinski definition) is 7. The van der Waals surface area contributed by atoms with E-state index in [4.69, 9.17) is 11.6 Å². The van der Waals surface area contributed by atoms with Crippen molar-refractivity contribution in [2.24, 2.45) is 11.8 Å². The highest BCUT2D eigenvalue weighted by molar-refractivity contribution is 6.30. The van der Waals surface area contributed by atoms with Crippen molar-refractivity contribution in [1.29, 1.82) is 0 Å². The maximum absolute atomic E-state index is 12.4. The molecule has 142 valence electrons. The number of nitrogens with one attached hydrogen (secondary N) is 1. The Hall–Kier alpha value is -2.61. The van der Waals surface area contributed by atoms with Crippen molar-refractivity contribution in [1.82, 2.24) is 5.32 Å². The van der Waals surface area contributed by atoms with Gasteiger partial charge in [0.25, 0.3) is 5.91 Å². The first-order valence-corrected chi connectivity index (χ1v) is 7.94. The van der Waals surface area contributed by atoms with E-state index in [1.54, 1.807) is 0 Å². The zero-order valence-electron chi connectivity index (χ0n) is 14.8. The Kier molecular flexibility index (Phi) is 8.05. The molecule has 0 saturated heterocycles. The summed E-state index contributed by atoms with van der Waals surface area (Å²) in [6, 6.07) is 4.67. The van der Waals surface area contributed by atoms with Gasteiger partial charge in [0, 0.05) is 16.5 Å². The molecule has 1 aromatic carbocycles. The van der Waals surface area contributed by atoms with Crippen LogP contribution in [0, 0.1) is 11.8 Å². The van der Waals surface area contributed by atoms with Crippen molar-refractivity contribution in [3.63, 3.8) is 0 Å². The van der Waals surface area contributed by atoms with Gasteiger partial charge in [0.2, 0.25) is 0 Å². The van der Waals surface area contributed by atoms with Crippen LogP contribution >= 0.6 is 11.6 Å². The molecule has 1 N–H and O–H groups in total. The number of halogens is 1. The minimum Gasteiger partial charge on any atom is -0.468 e. The van der Waals surface area contributed by atoms with Gasteiger partial charge in [0.1, 0.15) is 6.04 Å². The number of hydrogen-bond donors (Lipinski definition) is 1. The normalized spacial score (nSPS) is 12.7. The highest BCUT2D eigenvalue weighted by atomic mass is 35.5. The van der Waals surface area contributed by atoms with Gasteiger partial charge >= 0.3 is 17.9 Å². The van der Waals surface area contributed by atoms with Gasteiger partial charge < -0.3 is 19.5 Å². The number of benzene rings is 1. The van der Waals surface area contributed by atoms with Crippen LogP contribution < -0.4 is 5.32 Å². The summed E-state index contributed by atoms with van der Waals surface area (Å²) in [5.41, 5.74) is 0.239. The maximum Gasteiger partial charge on any atom is 0.328 e. The van der Waals surface area contributed by atoms with Crippen molar-refractivity contribution in [3.05, 3.63) is 34.9 Å². The summed E-state index contributed by atoms with van der Waals surface area (Å²) >= 11 is 5.78. The molecule has 0 aromatic heterocycles. The fraction of sp³-hybridized carbons (Fsp3) is 0.412. The fourth-order valence-electron chi connectivity index (χ4n) is 2.33. The van der Waals surface area contributed by atoms with Gasteiger partial charge in [-0.2, -0.15) is 0 Å². The Morgan fingerprint density at radius 3 is 1.77 bits per heavy atom. The SMILES string of the molecule is COC(=O)C(C(=O)OC)[C@@H](C)[C@@H](NC(=O)c1ccc(Cl)cc1)C(=O)OC. The number of amides is 1. The Labute approximate surface area is 155 Å². The van der Waals surface area contributed by atoms with Crippen LogP contribution in [-0.2, 0) is 28.6 Å². The lowest BCUT2D eigenvalue weighted by Crippen LogP contribution is -2.51. The number of carbonyl (C=O) groups excluding carboxylic acids is 4. The van der Waals surface area contributed by atoms with E-state index in [1.807, 2.05) is 0 Å². The van der Waals surface area contributed by atoms with Crippen molar-refractivity contribution < 1.29 is 33.4 Å². The standard InChI is InChI=1S/C17H20ClNO7/c1-9(12(15(21)24-2)16(22)25-3)13(17(23)26-4)19-14(20)10-5-7-11(18)8-6-10/h5-9,12-13H,1-4H3,(H,19,20)/t9-,13-/m1/s1. The lowest BCUT2D eigenvalue weighted by atomic mass is 9.87. The number of ether oxygens (including phenoxy) is 3. The number of methoxy groups -OCH3 is 3. The lowest BCUT2D eigenvalue weighted by Gasteiger charge is -2.27. The minimum absolute atomic E-state index is 0.239. The summed E-state index contributed by atoms with van der Waals surface area (Å²) in [6.07, 6.45) is 0. The molecule has 1 amide bonds. The van der Waals surface area contributed by atoms with Crippen LogP contribution in [0.2, 0.25) is 5.02 Å². The van der Waals surface area contributed by atoms with E-state index in [0.29, 0.717) is 5.02 Å². The summed E-state index contributed by atoms with van der Waals surface area (Å²) < 4.78 is 13.9. The molecule has 9 heteroatoms. The summed E-state index contributed by atoms with van der Waals surface area (Å²) in [4.78, 5) is 48.5. The van der Waals surface area contributed by atoms with Gasteiger partial charge in [-0.25, -0.2) is 4.79 Å². The molecule has 0 radical (unpaired) electrons. The molecule has 1 aromatic rings. The van der Waals surface area contributed by atoms with Crippen LogP contribution in [0.25, 0.3) is 0 Å². The molecule has 0 unspecified atom stereocenters. The van der Waals surface area contributed by atoms with Crippen molar-refractivity contribution in [2.75, 3.05) is 21.3 Å². The van der Waals surface area contributed by atoms with Crippen LogP contribution in [0.3, 0.4) is 0 Å². The Morgan fingerprint density at radius 1 is 0.885 bits per heavy atom. The molecule has 0 saturated carbocycles. The first kappa shape index (κ1) is 21.4. The largest absolute Gasteiger partial charge is 0.468 e. The second-order valence-corrected chi connectivity index (χ2v) is 5.80. The second kappa shape index (κ2) is 9.76. The molecular formula is C17H20ClNO7. The van der Waals surface area contributed by atoms with Gasteiger partial charge in [0.05, 0.1) is 21.3 Å². The number of esters is 3. The first-order chi connectivity index (χ1) is 12.3. The van der Waals surface area contributed by atoms with Crippen LogP contribution in [0.4, 0.5) is 0 Å². The van der Waals surface area contributed by atoms with Crippen molar-refractivity contribution in [2.45, 2.75) is 13.0 Å². The van der Waals surface area contributed by atoms with E-state index >= 15 is 0 Å². The predicted octanol–water partition coefficient (Wildman–Crippen LogP) is 1.21. The quantitative estimate of drug-likeness (QED) is 0.427. The van der Waals surface area contributed by atoms with E-state index in [0.717, 1.165) is 21.3 Å². The Bertz CT molecular complexity index is 658. The topological polar surface area (TPSA) is 108 Å². The van der Waals surface area contributed by atoms with E-state index in [9.17, 15) is 19.2 Å². The Morgan fingerprint density at radius 2 is 1.35 bits per heavy atom. The zero-order valence-corrected chi connectivity index (χ0v) is 15.5. The van der Waals surface area contributed by atoms with Gasteiger partial charge in [0.15, 0.2) is 5.92 Å². The van der Waals surface area contributed by atoms with Crippen LogP contribution in [0.1, 0.15) is 17.3 Å². The van der Waals surface area contributed by atoms with Crippen molar-refractivity contribution >= 4 is 35.4 Å². The van der Waals surface area contributed by atoms with E-state index in [1.165, 1.54) is 31.2 Å². The molecule has 0 aliphatic heterocycles. The average molecular weight is 386 g/mol. The molecule has 0 bridgehead atoms. The molecular weight excluding hydrogens is 366 g/mol. The summed E-state index contributed by atoms with van der Waals surface area (Å²) in [5, 5.41) is 2.91. The first-order valence-electron chi connectivity index (χ1n) is 7.56. The highest BCUT2D eigenvalue weighted by Gasteiger charge is 2.42. The van der Waals surface area contributed by atoms with E-state index in [2.05, 4.69) is 19.5 Å². The molecule has 0 fully saturated rings. The molecule has 1 rings (SSSR count). The molecule has 0 aliphatic carbocycles. The van der Waals surface area contributed by atoms with Gasteiger partial charge in [-0.3, -0.25) is 14.4 Å². The van der Waals surface area contributed by atoms with Gasteiger partial charge in [-0.15, -0.1) is 0 Å². The molecule has 8 nitrogen and oxygen atoms in total. The molecule has 26 heavy (non-hydrogen) atoms. The van der Waals surface area contributed by atoms with Crippen LogP contribution in [0.15, 0.2) is 24.3 Å². The third kappa shape index (κ3) is 5.19. The average Bonchev–Trinajstić information content (AvgIpc) is 2.65. The fourth-order valence-corrected chi connectivity index (χ4v) is 2.46. The van der Waals surface area contributed by atoms with Crippen LogP contribution in [-0.4, -0.2) is 51.2 Å². The summed E-state index contributed by atoms with van der Waals surface area (Å²) in [6.45, 7) is 1.43. The number of rotatable bonds is 7. The van der Waals surface area contributed by atoms with Crippen molar-refractivity contribution in [3.8, 4) is 0 Å². The number of carbonyl (C=O) groups is 4. The lowest BCUT2D eigenvalue weighted by molar-refractivity contribution is -0.162. The zero-order chi connectivity index (χ0) is 19.9. The Balaban J connectivity index is 3.12. The minimum atomic E-state index is -1.42. The molecule has 0 heterocycles. The van der Waals surface area contributed by atoms with Gasteiger partial charge in [-0.05, 0) is 24.3 Å². The van der Waals surface area contributed by atoms with E-state index in [-0.39, 0.29) is 5.56 Å². The van der Waals surface area contributed by atoms with Gasteiger partial charge in [-0.1, -0.05) is 18.5 Å². The summed E-state index contributed by atoms with van der Waals surface area (Å²) in [7, 11) is 3.33.